The van der Waals surface area contributed by atoms with E-state index in [2.05, 4.69) is 15.5 Å². The Hall–Kier alpha value is -3.45. The molecule has 2 aromatic carbocycles. The molecular formula is C22H19ClN4O3. The van der Waals surface area contributed by atoms with Gasteiger partial charge in [-0.2, -0.15) is 0 Å². The van der Waals surface area contributed by atoms with Gasteiger partial charge < -0.3 is 9.84 Å². The molecular weight excluding hydrogens is 404 g/mol. The lowest BCUT2D eigenvalue weighted by molar-refractivity contribution is -0.118. The van der Waals surface area contributed by atoms with Gasteiger partial charge in [-0.3, -0.25) is 14.2 Å². The molecule has 1 atom stereocenters. The fourth-order valence-electron chi connectivity index (χ4n) is 3.30. The van der Waals surface area contributed by atoms with E-state index in [0.29, 0.717) is 16.3 Å². The first kappa shape index (κ1) is 19.8. The maximum absolute atomic E-state index is 13.2. The first-order valence-corrected chi connectivity index (χ1v) is 9.74. The molecule has 0 saturated carbocycles. The van der Waals surface area contributed by atoms with Crippen LogP contribution in [0.5, 0.6) is 0 Å². The van der Waals surface area contributed by atoms with E-state index in [1.807, 2.05) is 32.0 Å². The number of nitrogens with zero attached hydrogens (tertiary/aromatic N) is 3. The molecule has 0 bridgehead atoms. The van der Waals surface area contributed by atoms with E-state index in [1.54, 1.807) is 31.2 Å². The van der Waals surface area contributed by atoms with Crippen LogP contribution in [-0.4, -0.2) is 20.6 Å². The third-order valence-electron chi connectivity index (χ3n) is 5.07. The molecule has 0 aliphatic heterocycles. The van der Waals surface area contributed by atoms with E-state index in [0.717, 1.165) is 16.8 Å². The molecule has 0 saturated heterocycles. The Morgan fingerprint density at radius 3 is 2.47 bits per heavy atom. The number of hydrogen-bond donors (Lipinski definition) is 1. The molecule has 0 aliphatic carbocycles. The Balaban J connectivity index is 1.73. The summed E-state index contributed by atoms with van der Waals surface area (Å²) in [6.45, 7) is 5.48. The SMILES string of the molecule is Cc1cccc(C)c1NC(=O)[C@H](C)n1cnc2onc(-c3ccc(Cl)cc3)c2c1=O. The second kappa shape index (κ2) is 7.76. The van der Waals surface area contributed by atoms with Crippen molar-refractivity contribution in [1.29, 1.82) is 0 Å². The van der Waals surface area contributed by atoms with Gasteiger partial charge in [-0.05, 0) is 44.0 Å². The fourth-order valence-corrected chi connectivity index (χ4v) is 3.43. The molecule has 30 heavy (non-hydrogen) atoms. The Morgan fingerprint density at radius 2 is 1.80 bits per heavy atom. The summed E-state index contributed by atoms with van der Waals surface area (Å²) < 4.78 is 6.51. The fraction of sp³-hybridized carbons (Fsp3) is 0.182. The summed E-state index contributed by atoms with van der Waals surface area (Å²) >= 11 is 5.95. The predicted octanol–water partition coefficient (Wildman–Crippen LogP) is 4.52. The van der Waals surface area contributed by atoms with Gasteiger partial charge in [0.1, 0.15) is 23.4 Å². The average molecular weight is 423 g/mol. The zero-order chi connectivity index (χ0) is 21.4. The van der Waals surface area contributed by atoms with Crippen molar-refractivity contribution in [3.63, 3.8) is 0 Å². The van der Waals surface area contributed by atoms with Crippen LogP contribution in [0, 0.1) is 13.8 Å². The number of hydrogen-bond acceptors (Lipinski definition) is 5. The van der Waals surface area contributed by atoms with Crippen molar-refractivity contribution in [2.45, 2.75) is 26.8 Å². The second-order valence-electron chi connectivity index (χ2n) is 7.11. The van der Waals surface area contributed by atoms with Gasteiger partial charge >= 0.3 is 0 Å². The van der Waals surface area contributed by atoms with E-state index < -0.39 is 11.6 Å². The summed E-state index contributed by atoms with van der Waals surface area (Å²) in [5.41, 5.74) is 3.36. The summed E-state index contributed by atoms with van der Waals surface area (Å²) in [5, 5.41) is 7.70. The van der Waals surface area contributed by atoms with Crippen molar-refractivity contribution < 1.29 is 9.32 Å². The zero-order valence-corrected chi connectivity index (χ0v) is 17.4. The smallest absolute Gasteiger partial charge is 0.267 e. The van der Waals surface area contributed by atoms with Crippen LogP contribution in [0.4, 0.5) is 5.69 Å². The summed E-state index contributed by atoms with van der Waals surface area (Å²) in [7, 11) is 0. The Labute approximate surface area is 177 Å². The molecule has 2 aromatic heterocycles. The van der Waals surface area contributed by atoms with E-state index in [-0.39, 0.29) is 17.0 Å². The van der Waals surface area contributed by atoms with Gasteiger partial charge in [0.2, 0.25) is 5.91 Å². The highest BCUT2D eigenvalue weighted by molar-refractivity contribution is 6.30. The van der Waals surface area contributed by atoms with Crippen LogP contribution in [0.3, 0.4) is 0 Å². The average Bonchev–Trinajstić information content (AvgIpc) is 3.16. The number of rotatable bonds is 4. The Morgan fingerprint density at radius 1 is 1.13 bits per heavy atom. The van der Waals surface area contributed by atoms with Gasteiger partial charge in [-0.25, -0.2) is 4.98 Å². The molecule has 4 rings (SSSR count). The molecule has 0 fully saturated rings. The van der Waals surface area contributed by atoms with Gasteiger partial charge in [-0.15, -0.1) is 0 Å². The number of aryl methyl sites for hydroxylation is 2. The lowest BCUT2D eigenvalue weighted by atomic mass is 10.1. The van der Waals surface area contributed by atoms with Crippen molar-refractivity contribution in [2.75, 3.05) is 5.32 Å². The van der Waals surface area contributed by atoms with Crippen LogP contribution in [-0.2, 0) is 4.79 Å². The van der Waals surface area contributed by atoms with Crippen LogP contribution in [0.15, 0.2) is 58.1 Å². The first-order chi connectivity index (χ1) is 14.4. The van der Waals surface area contributed by atoms with E-state index >= 15 is 0 Å². The molecule has 7 nitrogen and oxygen atoms in total. The molecule has 0 spiro atoms. The lowest BCUT2D eigenvalue weighted by Gasteiger charge is -2.17. The number of benzene rings is 2. The first-order valence-electron chi connectivity index (χ1n) is 9.36. The van der Waals surface area contributed by atoms with E-state index in [1.165, 1.54) is 10.9 Å². The molecule has 1 N–H and O–H groups in total. The zero-order valence-electron chi connectivity index (χ0n) is 16.6. The summed E-state index contributed by atoms with van der Waals surface area (Å²) in [6.07, 6.45) is 1.30. The molecule has 0 unspecified atom stereocenters. The minimum absolute atomic E-state index is 0.114. The molecule has 1 amide bonds. The van der Waals surface area contributed by atoms with Crippen molar-refractivity contribution in [2.24, 2.45) is 0 Å². The van der Waals surface area contributed by atoms with Crippen molar-refractivity contribution in [3.8, 4) is 11.3 Å². The van der Waals surface area contributed by atoms with Gasteiger partial charge in [0.05, 0.1) is 0 Å². The number of para-hydroxylation sites is 1. The highest BCUT2D eigenvalue weighted by atomic mass is 35.5. The van der Waals surface area contributed by atoms with Gasteiger partial charge in [0.15, 0.2) is 0 Å². The van der Waals surface area contributed by atoms with Crippen molar-refractivity contribution >= 4 is 34.3 Å². The predicted molar refractivity (Wildman–Crippen MR) is 116 cm³/mol. The normalized spacial score (nSPS) is 12.1. The highest BCUT2D eigenvalue weighted by Crippen LogP contribution is 2.26. The maximum Gasteiger partial charge on any atom is 0.267 e. The quantitative estimate of drug-likeness (QED) is 0.522. The van der Waals surface area contributed by atoms with Crippen LogP contribution < -0.4 is 10.9 Å². The lowest BCUT2D eigenvalue weighted by Crippen LogP contribution is -2.32. The monoisotopic (exact) mass is 422 g/mol. The van der Waals surface area contributed by atoms with Crippen LogP contribution in [0.1, 0.15) is 24.1 Å². The number of halogens is 1. The van der Waals surface area contributed by atoms with E-state index in [9.17, 15) is 9.59 Å². The number of aromatic nitrogens is 3. The number of nitrogens with one attached hydrogen (secondary N) is 1. The molecule has 0 aliphatic rings. The van der Waals surface area contributed by atoms with Crippen molar-refractivity contribution in [1.82, 2.24) is 14.7 Å². The summed E-state index contributed by atoms with van der Waals surface area (Å²) in [6, 6.07) is 11.9. The summed E-state index contributed by atoms with van der Waals surface area (Å²) in [4.78, 5) is 30.3. The van der Waals surface area contributed by atoms with Crippen LogP contribution >= 0.6 is 11.6 Å². The van der Waals surface area contributed by atoms with Gasteiger partial charge in [0, 0.05) is 16.3 Å². The van der Waals surface area contributed by atoms with Gasteiger partial charge in [0.25, 0.3) is 11.3 Å². The number of amides is 1. The van der Waals surface area contributed by atoms with Crippen molar-refractivity contribution in [3.05, 3.63) is 75.3 Å². The van der Waals surface area contributed by atoms with Crippen LogP contribution in [0.25, 0.3) is 22.4 Å². The molecule has 8 heteroatoms. The third-order valence-corrected chi connectivity index (χ3v) is 5.32. The van der Waals surface area contributed by atoms with Crippen LogP contribution in [0.2, 0.25) is 5.02 Å². The highest BCUT2D eigenvalue weighted by Gasteiger charge is 2.23. The standard InChI is InChI=1S/C22H19ClN4O3/c1-12-5-4-6-13(2)18(12)25-20(28)14(3)27-11-24-21-17(22(27)29)19(26-30-21)15-7-9-16(23)10-8-15/h4-11,14H,1-3H3,(H,25,28)/t14-/m0/s1. The molecule has 0 radical (unpaired) electrons. The maximum atomic E-state index is 13.2. The Bertz CT molecular complexity index is 1290. The number of carbonyl (C=O) groups is 1. The van der Waals surface area contributed by atoms with Gasteiger partial charge in [-0.1, -0.05) is 47.1 Å². The topological polar surface area (TPSA) is 90.0 Å². The molecule has 152 valence electrons. The second-order valence-corrected chi connectivity index (χ2v) is 7.54. The Kier molecular flexibility index (Phi) is 5.13. The number of carbonyl (C=O) groups excluding carboxylic acids is 1. The molecule has 2 heterocycles. The van der Waals surface area contributed by atoms with E-state index in [4.69, 9.17) is 16.1 Å². The third kappa shape index (κ3) is 3.48. The number of fused-ring (bicyclic) bond motifs is 1. The summed E-state index contributed by atoms with van der Waals surface area (Å²) in [5.74, 6) is -0.319. The number of anilines is 1. The minimum atomic E-state index is -0.790. The molecule has 4 aromatic rings. The minimum Gasteiger partial charge on any atom is -0.335 e. The largest absolute Gasteiger partial charge is 0.335 e.